The quantitative estimate of drug-likeness (QED) is 0.698. The smallest absolute Gasteiger partial charge is 0.194 e. The number of aliphatic hydroxyl groups is 1. The Labute approximate surface area is 127 Å². The minimum absolute atomic E-state index is 0.125. The summed E-state index contributed by atoms with van der Waals surface area (Å²) in [5.41, 5.74) is 1.12. The van der Waals surface area contributed by atoms with Crippen LogP contribution in [0, 0.1) is 5.92 Å². The predicted octanol–water partition coefficient (Wildman–Crippen LogP) is 4.07. The van der Waals surface area contributed by atoms with Crippen LogP contribution in [0.1, 0.15) is 45.1 Å². The van der Waals surface area contributed by atoms with Crippen molar-refractivity contribution in [2.75, 3.05) is 5.75 Å². The van der Waals surface area contributed by atoms with Crippen LogP contribution in [0.15, 0.2) is 30.3 Å². The van der Waals surface area contributed by atoms with Gasteiger partial charge in [0.25, 0.3) is 0 Å². The minimum Gasteiger partial charge on any atom is -0.392 e. The largest absolute Gasteiger partial charge is 0.392 e. The summed E-state index contributed by atoms with van der Waals surface area (Å²) < 4.78 is 0. The van der Waals surface area contributed by atoms with Crippen LogP contribution in [0.25, 0.3) is 0 Å². The van der Waals surface area contributed by atoms with Gasteiger partial charge in [-0.05, 0) is 24.2 Å². The summed E-state index contributed by atoms with van der Waals surface area (Å²) in [6.45, 7) is 4.12. The second kappa shape index (κ2) is 10.0. The molecule has 0 heterocycles. The first-order chi connectivity index (χ1) is 9.69. The van der Waals surface area contributed by atoms with Crippen LogP contribution in [-0.2, 0) is 11.2 Å². The summed E-state index contributed by atoms with van der Waals surface area (Å²) in [5, 5.41) is 10.5. The molecule has 1 N–H and O–H groups in total. The fourth-order valence-corrected chi connectivity index (χ4v) is 3.04. The van der Waals surface area contributed by atoms with Crippen LogP contribution < -0.4 is 0 Å². The van der Waals surface area contributed by atoms with Gasteiger partial charge in [-0.2, -0.15) is 0 Å². The van der Waals surface area contributed by atoms with Gasteiger partial charge in [0, 0.05) is 0 Å². The van der Waals surface area contributed by atoms with Crippen LogP contribution in [-0.4, -0.2) is 22.1 Å². The minimum atomic E-state index is -0.520. The molecule has 20 heavy (non-hydrogen) atoms. The van der Waals surface area contributed by atoms with Crippen molar-refractivity contribution in [1.29, 1.82) is 0 Å². The van der Waals surface area contributed by atoms with Gasteiger partial charge in [0.15, 0.2) is 5.12 Å². The molecule has 2 atom stereocenters. The molecule has 0 bridgehead atoms. The van der Waals surface area contributed by atoms with Crippen LogP contribution in [0.4, 0.5) is 0 Å². The SMILES string of the molecule is CCCCC[C@@H](O)[C@H](Cc1ccccc1)C(=O)SCC. The number of carbonyl (C=O) groups excluding carboxylic acids is 1. The van der Waals surface area contributed by atoms with Gasteiger partial charge in [-0.1, -0.05) is 75.2 Å². The molecule has 1 aromatic carbocycles. The highest BCUT2D eigenvalue weighted by molar-refractivity contribution is 8.13. The topological polar surface area (TPSA) is 37.3 Å². The molecule has 0 saturated heterocycles. The molecule has 1 rings (SSSR count). The van der Waals surface area contributed by atoms with Gasteiger partial charge in [-0.15, -0.1) is 0 Å². The van der Waals surface area contributed by atoms with Gasteiger partial charge >= 0.3 is 0 Å². The van der Waals surface area contributed by atoms with E-state index in [0.717, 1.165) is 37.0 Å². The monoisotopic (exact) mass is 294 g/mol. The Morgan fingerprint density at radius 2 is 1.90 bits per heavy atom. The molecular weight excluding hydrogens is 268 g/mol. The number of aliphatic hydroxyl groups excluding tert-OH is 1. The lowest BCUT2D eigenvalue weighted by Gasteiger charge is -2.21. The predicted molar refractivity (Wildman–Crippen MR) is 86.9 cm³/mol. The van der Waals surface area contributed by atoms with Crippen molar-refractivity contribution in [3.63, 3.8) is 0 Å². The molecule has 1 aromatic rings. The normalized spacial score (nSPS) is 13.9. The zero-order valence-electron chi connectivity index (χ0n) is 12.5. The zero-order valence-corrected chi connectivity index (χ0v) is 13.4. The molecule has 0 saturated carbocycles. The second-order valence-electron chi connectivity index (χ2n) is 5.11. The van der Waals surface area contributed by atoms with Crippen LogP contribution in [0.2, 0.25) is 0 Å². The first kappa shape index (κ1) is 17.3. The molecule has 0 spiro atoms. The summed E-state index contributed by atoms with van der Waals surface area (Å²) >= 11 is 1.33. The van der Waals surface area contributed by atoms with Crippen LogP contribution in [0.3, 0.4) is 0 Å². The Hall–Kier alpha value is -0.800. The third kappa shape index (κ3) is 6.10. The number of carbonyl (C=O) groups is 1. The van der Waals surface area contributed by atoms with E-state index in [0.29, 0.717) is 6.42 Å². The fourth-order valence-electron chi connectivity index (χ4n) is 2.30. The van der Waals surface area contributed by atoms with Crippen molar-refractivity contribution in [2.45, 2.75) is 52.1 Å². The Morgan fingerprint density at radius 1 is 1.20 bits per heavy atom. The molecule has 2 nitrogen and oxygen atoms in total. The molecule has 3 heteroatoms. The molecule has 0 unspecified atom stereocenters. The Kier molecular flexibility index (Phi) is 8.63. The highest BCUT2D eigenvalue weighted by Gasteiger charge is 2.26. The standard InChI is InChI=1S/C17H26O2S/c1-3-5-7-12-16(18)15(17(19)20-4-2)13-14-10-8-6-9-11-14/h6,8-11,15-16,18H,3-5,7,12-13H2,1-2H3/t15-,16+/m0/s1. The van der Waals surface area contributed by atoms with Crippen molar-refractivity contribution in [3.8, 4) is 0 Å². The zero-order chi connectivity index (χ0) is 14.8. The molecule has 0 aliphatic carbocycles. The maximum Gasteiger partial charge on any atom is 0.194 e. The molecule has 112 valence electrons. The average Bonchev–Trinajstić information content (AvgIpc) is 2.46. The van der Waals surface area contributed by atoms with Gasteiger partial charge in [-0.25, -0.2) is 0 Å². The Bertz CT molecular complexity index is 378. The number of rotatable bonds is 9. The Morgan fingerprint density at radius 3 is 2.50 bits per heavy atom. The molecule has 0 radical (unpaired) electrons. The van der Waals surface area contributed by atoms with Crippen molar-refractivity contribution < 1.29 is 9.90 Å². The van der Waals surface area contributed by atoms with Crippen molar-refractivity contribution in [2.24, 2.45) is 5.92 Å². The molecule has 0 aromatic heterocycles. The molecule has 0 amide bonds. The molecule has 0 fully saturated rings. The molecule has 0 aliphatic heterocycles. The third-order valence-corrected chi connectivity index (χ3v) is 4.33. The summed E-state index contributed by atoms with van der Waals surface area (Å²) in [5.74, 6) is 0.491. The Balaban J connectivity index is 2.66. The van der Waals surface area contributed by atoms with E-state index in [9.17, 15) is 9.90 Å². The first-order valence-electron chi connectivity index (χ1n) is 7.57. The summed E-state index contributed by atoms with van der Waals surface area (Å²) in [6.07, 6.45) is 4.08. The van der Waals surface area contributed by atoms with Gasteiger partial charge in [0.1, 0.15) is 0 Å². The summed E-state index contributed by atoms with van der Waals surface area (Å²) in [6, 6.07) is 9.98. The summed E-state index contributed by atoms with van der Waals surface area (Å²) in [7, 11) is 0. The van der Waals surface area contributed by atoms with E-state index in [1.54, 1.807) is 0 Å². The van der Waals surface area contributed by atoms with E-state index in [1.807, 2.05) is 37.3 Å². The number of unbranched alkanes of at least 4 members (excludes halogenated alkanes) is 2. The second-order valence-corrected chi connectivity index (χ2v) is 6.38. The van der Waals surface area contributed by atoms with Gasteiger partial charge in [0.2, 0.25) is 0 Å². The lowest BCUT2D eigenvalue weighted by molar-refractivity contribution is -0.117. The van der Waals surface area contributed by atoms with E-state index in [4.69, 9.17) is 0 Å². The fraction of sp³-hybridized carbons (Fsp3) is 0.588. The average molecular weight is 294 g/mol. The third-order valence-electron chi connectivity index (χ3n) is 3.46. The van der Waals surface area contributed by atoms with Gasteiger partial charge < -0.3 is 5.11 Å². The highest BCUT2D eigenvalue weighted by atomic mass is 32.2. The van der Waals surface area contributed by atoms with E-state index in [-0.39, 0.29) is 11.0 Å². The highest BCUT2D eigenvalue weighted by Crippen LogP contribution is 2.23. The maximum atomic E-state index is 12.2. The lowest BCUT2D eigenvalue weighted by atomic mass is 9.92. The number of benzene rings is 1. The van der Waals surface area contributed by atoms with E-state index < -0.39 is 6.10 Å². The van der Waals surface area contributed by atoms with E-state index in [2.05, 4.69) is 6.92 Å². The molecule has 0 aliphatic rings. The van der Waals surface area contributed by atoms with Crippen molar-refractivity contribution in [3.05, 3.63) is 35.9 Å². The van der Waals surface area contributed by atoms with Crippen molar-refractivity contribution in [1.82, 2.24) is 0 Å². The summed E-state index contributed by atoms with van der Waals surface area (Å²) in [4.78, 5) is 12.2. The maximum absolute atomic E-state index is 12.2. The van der Waals surface area contributed by atoms with Gasteiger partial charge in [0.05, 0.1) is 12.0 Å². The first-order valence-corrected chi connectivity index (χ1v) is 8.56. The van der Waals surface area contributed by atoms with E-state index >= 15 is 0 Å². The van der Waals surface area contributed by atoms with Gasteiger partial charge in [-0.3, -0.25) is 4.79 Å². The lowest BCUT2D eigenvalue weighted by Crippen LogP contribution is -2.29. The molecular formula is C17H26O2S. The number of hydrogen-bond acceptors (Lipinski definition) is 3. The van der Waals surface area contributed by atoms with Crippen molar-refractivity contribution >= 4 is 16.9 Å². The van der Waals surface area contributed by atoms with Crippen LogP contribution >= 0.6 is 11.8 Å². The van der Waals surface area contributed by atoms with E-state index in [1.165, 1.54) is 11.8 Å². The number of thioether (sulfide) groups is 1. The number of hydrogen-bond donors (Lipinski definition) is 1. The van der Waals surface area contributed by atoms with Crippen LogP contribution in [0.5, 0.6) is 0 Å².